The maximum absolute atomic E-state index is 11.7. The summed E-state index contributed by atoms with van der Waals surface area (Å²) in [6.45, 7) is 4.96. The average molecular weight is 419 g/mol. The lowest BCUT2D eigenvalue weighted by molar-refractivity contribution is -0.111. The van der Waals surface area contributed by atoms with Gasteiger partial charge in [0, 0.05) is 31.5 Å². The first kappa shape index (κ1) is 20.1. The molecule has 0 unspecified atom stereocenters. The third kappa shape index (κ3) is 4.09. The van der Waals surface area contributed by atoms with Gasteiger partial charge in [0.15, 0.2) is 11.5 Å². The molecular formula is C20H21N9O2. The summed E-state index contributed by atoms with van der Waals surface area (Å²) in [6, 6.07) is 2.08. The molecule has 31 heavy (non-hydrogen) atoms. The fourth-order valence-electron chi connectivity index (χ4n) is 3.54. The number of imidazole rings is 1. The topological polar surface area (TPSA) is 133 Å². The molecule has 4 rings (SSSR count). The van der Waals surface area contributed by atoms with Crippen molar-refractivity contribution in [3.8, 4) is 11.9 Å². The van der Waals surface area contributed by atoms with Gasteiger partial charge in [0.05, 0.1) is 19.5 Å². The van der Waals surface area contributed by atoms with Crippen molar-refractivity contribution in [1.29, 1.82) is 5.26 Å². The molecule has 1 aliphatic rings. The minimum atomic E-state index is -0.305. The van der Waals surface area contributed by atoms with E-state index in [-0.39, 0.29) is 23.4 Å². The van der Waals surface area contributed by atoms with E-state index in [0.29, 0.717) is 24.0 Å². The molecule has 158 valence electrons. The Labute approximate surface area is 178 Å². The fraction of sp³-hybridized carbons (Fsp3) is 0.300. The largest absolute Gasteiger partial charge is 0.480 e. The Hall–Kier alpha value is -4.20. The summed E-state index contributed by atoms with van der Waals surface area (Å²) < 4.78 is 6.95. The number of hydrogen-bond acceptors (Lipinski definition) is 9. The van der Waals surface area contributed by atoms with Crippen molar-refractivity contribution in [3.05, 3.63) is 43.0 Å². The summed E-state index contributed by atoms with van der Waals surface area (Å²) >= 11 is 0. The van der Waals surface area contributed by atoms with E-state index in [2.05, 4.69) is 42.0 Å². The third-order valence-electron chi connectivity index (χ3n) is 4.97. The Bertz CT molecular complexity index is 1170. The van der Waals surface area contributed by atoms with Gasteiger partial charge in [-0.2, -0.15) is 10.2 Å². The Morgan fingerprint density at radius 3 is 3.03 bits per heavy atom. The van der Waals surface area contributed by atoms with Gasteiger partial charge >= 0.3 is 0 Å². The zero-order chi connectivity index (χ0) is 21.8. The molecular weight excluding hydrogens is 398 g/mol. The summed E-state index contributed by atoms with van der Waals surface area (Å²) in [4.78, 5) is 31.3. The van der Waals surface area contributed by atoms with Crippen LogP contribution in [-0.4, -0.2) is 56.5 Å². The molecule has 0 aromatic carbocycles. The molecule has 3 aromatic rings. The van der Waals surface area contributed by atoms with Gasteiger partial charge in [-0.15, -0.1) is 0 Å². The van der Waals surface area contributed by atoms with Crippen molar-refractivity contribution < 1.29 is 9.53 Å². The van der Waals surface area contributed by atoms with Crippen LogP contribution in [0.15, 0.2) is 37.4 Å². The molecule has 2 N–H and O–H groups in total. The summed E-state index contributed by atoms with van der Waals surface area (Å²) in [5, 5.41) is 15.2. The molecule has 0 bridgehead atoms. The number of carbonyl (C=O) groups is 1. The van der Waals surface area contributed by atoms with E-state index in [1.165, 1.54) is 19.4 Å². The first-order valence-electron chi connectivity index (χ1n) is 9.71. The van der Waals surface area contributed by atoms with Crippen molar-refractivity contribution in [2.24, 2.45) is 0 Å². The van der Waals surface area contributed by atoms with Crippen LogP contribution in [0.5, 0.6) is 5.88 Å². The maximum Gasteiger partial charge on any atom is 0.248 e. The van der Waals surface area contributed by atoms with Crippen LogP contribution in [0, 0.1) is 11.3 Å². The second-order valence-corrected chi connectivity index (χ2v) is 6.94. The van der Waals surface area contributed by atoms with Crippen LogP contribution in [0.1, 0.15) is 18.4 Å². The number of piperidine rings is 1. The fourth-order valence-corrected chi connectivity index (χ4v) is 3.54. The van der Waals surface area contributed by atoms with Gasteiger partial charge in [0.1, 0.15) is 17.5 Å². The van der Waals surface area contributed by atoms with E-state index in [0.717, 1.165) is 25.2 Å². The minimum absolute atomic E-state index is 0.0725. The molecule has 1 atom stereocenters. The van der Waals surface area contributed by atoms with Crippen LogP contribution in [0.2, 0.25) is 0 Å². The van der Waals surface area contributed by atoms with Crippen molar-refractivity contribution in [2.45, 2.75) is 18.9 Å². The predicted molar refractivity (Wildman–Crippen MR) is 114 cm³/mol. The van der Waals surface area contributed by atoms with E-state index in [4.69, 9.17) is 10.00 Å². The molecule has 1 aliphatic heterocycles. The zero-order valence-electron chi connectivity index (χ0n) is 16.9. The Kier molecular flexibility index (Phi) is 5.61. The number of carbonyl (C=O) groups excluding carboxylic acids is 1. The first-order chi connectivity index (χ1) is 15.1. The van der Waals surface area contributed by atoms with Gasteiger partial charge in [-0.1, -0.05) is 6.58 Å². The molecule has 0 radical (unpaired) electrons. The molecule has 1 fully saturated rings. The van der Waals surface area contributed by atoms with Gasteiger partial charge < -0.3 is 20.3 Å². The van der Waals surface area contributed by atoms with Crippen molar-refractivity contribution in [2.75, 3.05) is 35.7 Å². The van der Waals surface area contributed by atoms with Gasteiger partial charge in [0.2, 0.25) is 17.7 Å². The molecule has 0 aliphatic carbocycles. The highest BCUT2D eigenvalue weighted by Crippen LogP contribution is 2.25. The first-order valence-corrected chi connectivity index (χ1v) is 9.71. The molecule has 4 heterocycles. The van der Waals surface area contributed by atoms with Gasteiger partial charge in [-0.25, -0.2) is 15.0 Å². The zero-order valence-corrected chi connectivity index (χ0v) is 16.9. The van der Waals surface area contributed by atoms with Gasteiger partial charge in [0.25, 0.3) is 0 Å². The predicted octanol–water partition coefficient (Wildman–Crippen LogP) is 1.60. The molecule has 3 aromatic heterocycles. The second-order valence-electron chi connectivity index (χ2n) is 6.94. The number of nitriles is 1. The maximum atomic E-state index is 11.7. The molecule has 1 amide bonds. The van der Waals surface area contributed by atoms with Crippen molar-refractivity contribution >= 4 is 29.1 Å². The van der Waals surface area contributed by atoms with Crippen molar-refractivity contribution in [1.82, 2.24) is 24.3 Å². The number of amides is 1. The number of methoxy groups -OCH3 is 1. The Morgan fingerprint density at radius 2 is 2.26 bits per heavy atom. The number of rotatable bonds is 6. The number of fused-ring (bicyclic) bond motifs is 1. The minimum Gasteiger partial charge on any atom is -0.480 e. The summed E-state index contributed by atoms with van der Waals surface area (Å²) in [6.07, 6.45) is 9.55. The number of anilines is 3. The lowest BCUT2D eigenvalue weighted by Gasteiger charge is -2.34. The smallest absolute Gasteiger partial charge is 0.248 e. The average Bonchev–Trinajstić information content (AvgIpc) is 3.21. The third-order valence-corrected chi connectivity index (χ3v) is 4.97. The molecule has 1 saturated heterocycles. The van der Waals surface area contributed by atoms with Crippen LogP contribution in [-0.2, 0) is 4.79 Å². The van der Waals surface area contributed by atoms with Crippen LogP contribution in [0.25, 0.3) is 5.65 Å². The van der Waals surface area contributed by atoms with Crippen molar-refractivity contribution in [3.63, 3.8) is 0 Å². The van der Waals surface area contributed by atoms with E-state index in [9.17, 15) is 4.79 Å². The van der Waals surface area contributed by atoms with Crippen LogP contribution in [0.4, 0.5) is 17.6 Å². The number of aromatic nitrogens is 5. The second kappa shape index (κ2) is 8.66. The number of ether oxygens (including phenoxy) is 1. The van der Waals surface area contributed by atoms with E-state index >= 15 is 0 Å². The summed E-state index contributed by atoms with van der Waals surface area (Å²) in [5.74, 6) is 1.62. The van der Waals surface area contributed by atoms with Gasteiger partial charge in [-0.3, -0.25) is 9.20 Å². The molecule has 11 heteroatoms. The SMILES string of the molecule is C=CC(=O)Nc1cnc2c(N3CCC[C@@H](Nc4ncc(C#N)c(OC)n4)C3)nccn12. The lowest BCUT2D eigenvalue weighted by Crippen LogP contribution is -2.43. The molecule has 0 saturated carbocycles. The quantitative estimate of drug-likeness (QED) is 0.571. The number of hydrogen-bond donors (Lipinski definition) is 2. The summed E-state index contributed by atoms with van der Waals surface area (Å²) in [5.41, 5.74) is 0.937. The lowest BCUT2D eigenvalue weighted by atomic mass is 10.1. The Balaban J connectivity index is 1.54. The van der Waals surface area contributed by atoms with E-state index in [1.807, 2.05) is 6.07 Å². The highest BCUT2D eigenvalue weighted by Gasteiger charge is 2.24. The Morgan fingerprint density at radius 1 is 1.39 bits per heavy atom. The summed E-state index contributed by atoms with van der Waals surface area (Å²) in [7, 11) is 1.47. The highest BCUT2D eigenvalue weighted by atomic mass is 16.5. The highest BCUT2D eigenvalue weighted by molar-refractivity contribution is 5.98. The van der Waals surface area contributed by atoms with Gasteiger partial charge in [-0.05, 0) is 18.9 Å². The standard InChI is InChI=1S/C20H21N9O2/c1-3-16(30)26-15-11-23-18-17(22-6-8-29(15)18)28-7-4-5-14(12-28)25-20-24-10-13(9-21)19(27-20)31-2/h3,6,8,10-11,14H,1,4-5,7,12H2,2H3,(H,26,30)(H,24,25,27)/t14-/m1/s1. The van der Waals surface area contributed by atoms with E-state index < -0.39 is 0 Å². The van der Waals surface area contributed by atoms with E-state index in [1.54, 1.807) is 23.0 Å². The van der Waals surface area contributed by atoms with Crippen LogP contribution >= 0.6 is 0 Å². The number of nitrogens with zero attached hydrogens (tertiary/aromatic N) is 7. The monoisotopic (exact) mass is 419 g/mol. The normalized spacial score (nSPS) is 15.9. The molecule has 11 nitrogen and oxygen atoms in total. The van der Waals surface area contributed by atoms with Crippen LogP contribution in [0.3, 0.4) is 0 Å². The number of nitrogens with one attached hydrogen (secondary N) is 2. The van der Waals surface area contributed by atoms with Crippen LogP contribution < -0.4 is 20.3 Å². The molecule has 0 spiro atoms.